The Morgan fingerprint density at radius 3 is 2.58 bits per heavy atom. The third kappa shape index (κ3) is 4.53. The minimum absolute atomic E-state index is 0.0944. The lowest BCUT2D eigenvalue weighted by atomic mass is 10.1. The number of benzene rings is 1. The Morgan fingerprint density at radius 2 is 2.05 bits per heavy atom. The number of nitrogens with one attached hydrogen (secondary N) is 1. The SMILES string of the molecule is CCCCCNc1ccc(S(N)(=O)=O)cc1C(=O)O. The van der Waals surface area contributed by atoms with E-state index in [1.807, 2.05) is 0 Å². The molecule has 0 aliphatic carbocycles. The Kier molecular flexibility index (Phi) is 5.31. The van der Waals surface area contributed by atoms with Crippen molar-refractivity contribution in [3.05, 3.63) is 23.8 Å². The van der Waals surface area contributed by atoms with Crippen molar-refractivity contribution in [3.8, 4) is 0 Å². The first-order valence-corrected chi connectivity index (χ1v) is 7.55. The lowest BCUT2D eigenvalue weighted by Gasteiger charge is -2.10. The molecule has 7 heteroatoms. The lowest BCUT2D eigenvalue weighted by Crippen LogP contribution is -2.14. The summed E-state index contributed by atoms with van der Waals surface area (Å²) >= 11 is 0. The molecule has 0 spiro atoms. The van der Waals surface area contributed by atoms with Crippen molar-refractivity contribution >= 4 is 21.7 Å². The van der Waals surface area contributed by atoms with Crippen molar-refractivity contribution in [1.82, 2.24) is 0 Å². The molecule has 6 nitrogen and oxygen atoms in total. The number of carbonyl (C=O) groups is 1. The fourth-order valence-corrected chi connectivity index (χ4v) is 2.17. The summed E-state index contributed by atoms with van der Waals surface area (Å²) in [5.74, 6) is -1.19. The monoisotopic (exact) mass is 286 g/mol. The van der Waals surface area contributed by atoms with Gasteiger partial charge in [-0.25, -0.2) is 18.4 Å². The molecule has 0 bridgehead atoms. The van der Waals surface area contributed by atoms with Crippen LogP contribution in [0.4, 0.5) is 5.69 Å². The van der Waals surface area contributed by atoms with Crippen LogP contribution in [0.3, 0.4) is 0 Å². The van der Waals surface area contributed by atoms with Crippen LogP contribution in [0.5, 0.6) is 0 Å². The molecule has 0 saturated carbocycles. The molecule has 0 aliphatic rings. The lowest BCUT2D eigenvalue weighted by molar-refractivity contribution is 0.0697. The maximum absolute atomic E-state index is 11.2. The molecule has 1 rings (SSSR count). The molecule has 0 aromatic heterocycles. The number of hydrogen-bond donors (Lipinski definition) is 3. The second kappa shape index (κ2) is 6.53. The van der Waals surface area contributed by atoms with Crippen LogP contribution in [0, 0.1) is 0 Å². The van der Waals surface area contributed by atoms with Crippen molar-refractivity contribution in [2.75, 3.05) is 11.9 Å². The second-order valence-electron chi connectivity index (χ2n) is 4.19. The standard InChI is InChI=1S/C12H18N2O4S/c1-2-3-4-7-14-11-6-5-9(19(13,17)18)8-10(11)12(15)16/h5-6,8,14H,2-4,7H2,1H3,(H,15,16)(H2,13,17,18). The molecular formula is C12H18N2O4S. The van der Waals surface area contributed by atoms with Crippen LogP contribution < -0.4 is 10.5 Å². The Labute approximate surface area is 112 Å². The van der Waals surface area contributed by atoms with Gasteiger partial charge in [-0.3, -0.25) is 0 Å². The average Bonchev–Trinajstić information content (AvgIpc) is 2.33. The predicted molar refractivity (Wildman–Crippen MR) is 72.8 cm³/mol. The minimum Gasteiger partial charge on any atom is -0.478 e. The Balaban J connectivity index is 2.96. The van der Waals surface area contributed by atoms with Gasteiger partial charge in [0.05, 0.1) is 10.5 Å². The zero-order valence-electron chi connectivity index (χ0n) is 10.7. The highest BCUT2D eigenvalue weighted by Crippen LogP contribution is 2.20. The van der Waals surface area contributed by atoms with E-state index in [2.05, 4.69) is 12.2 Å². The van der Waals surface area contributed by atoms with E-state index in [0.29, 0.717) is 12.2 Å². The van der Waals surface area contributed by atoms with E-state index in [1.165, 1.54) is 12.1 Å². The number of hydrogen-bond acceptors (Lipinski definition) is 4. The number of sulfonamides is 1. The van der Waals surface area contributed by atoms with Crippen molar-refractivity contribution < 1.29 is 18.3 Å². The largest absolute Gasteiger partial charge is 0.478 e. The first-order valence-electron chi connectivity index (χ1n) is 6.00. The molecular weight excluding hydrogens is 268 g/mol. The summed E-state index contributed by atoms with van der Waals surface area (Å²) in [6, 6.07) is 3.79. The summed E-state index contributed by atoms with van der Waals surface area (Å²) in [5.41, 5.74) is 0.305. The summed E-state index contributed by atoms with van der Waals surface area (Å²) in [7, 11) is -3.90. The third-order valence-electron chi connectivity index (χ3n) is 2.65. The number of carboxylic acids is 1. The van der Waals surface area contributed by atoms with Gasteiger partial charge < -0.3 is 10.4 Å². The number of primary sulfonamides is 1. The van der Waals surface area contributed by atoms with Crippen molar-refractivity contribution in [2.45, 2.75) is 31.1 Å². The van der Waals surface area contributed by atoms with Crippen LogP contribution in [0.15, 0.2) is 23.1 Å². The molecule has 1 aromatic carbocycles. The van der Waals surface area contributed by atoms with Gasteiger partial charge in [-0.05, 0) is 24.6 Å². The quantitative estimate of drug-likeness (QED) is 0.660. The number of anilines is 1. The van der Waals surface area contributed by atoms with Crippen LogP contribution in [0.2, 0.25) is 0 Å². The van der Waals surface area contributed by atoms with Crippen LogP contribution in [-0.2, 0) is 10.0 Å². The molecule has 0 saturated heterocycles. The number of rotatable bonds is 7. The van der Waals surface area contributed by atoms with E-state index in [-0.39, 0.29) is 10.5 Å². The summed E-state index contributed by atoms with van der Waals surface area (Å²) in [5, 5.41) is 17.0. The molecule has 19 heavy (non-hydrogen) atoms. The Morgan fingerprint density at radius 1 is 1.37 bits per heavy atom. The maximum Gasteiger partial charge on any atom is 0.337 e. The highest BCUT2D eigenvalue weighted by atomic mass is 32.2. The molecule has 0 aliphatic heterocycles. The fraction of sp³-hybridized carbons (Fsp3) is 0.417. The molecule has 0 fully saturated rings. The third-order valence-corrected chi connectivity index (χ3v) is 3.56. The topological polar surface area (TPSA) is 109 Å². The zero-order valence-corrected chi connectivity index (χ0v) is 11.5. The number of carboxylic acid groups (broad SMARTS) is 1. The average molecular weight is 286 g/mol. The molecule has 0 heterocycles. The van der Waals surface area contributed by atoms with Gasteiger partial charge >= 0.3 is 5.97 Å². The summed E-state index contributed by atoms with van der Waals surface area (Å²) < 4.78 is 22.4. The smallest absolute Gasteiger partial charge is 0.337 e. The van der Waals surface area contributed by atoms with Crippen molar-refractivity contribution in [3.63, 3.8) is 0 Å². The van der Waals surface area contributed by atoms with E-state index in [4.69, 9.17) is 10.2 Å². The van der Waals surface area contributed by atoms with E-state index < -0.39 is 16.0 Å². The van der Waals surface area contributed by atoms with Gasteiger partial charge in [0.2, 0.25) is 10.0 Å². The van der Waals surface area contributed by atoms with Crippen LogP contribution in [0.25, 0.3) is 0 Å². The van der Waals surface area contributed by atoms with Crippen LogP contribution in [0.1, 0.15) is 36.5 Å². The van der Waals surface area contributed by atoms with Gasteiger partial charge in [0.15, 0.2) is 0 Å². The predicted octanol–water partition coefficient (Wildman–Crippen LogP) is 1.63. The fourth-order valence-electron chi connectivity index (χ4n) is 1.63. The summed E-state index contributed by atoms with van der Waals surface area (Å²) in [6.07, 6.45) is 3.04. The van der Waals surface area contributed by atoms with Gasteiger partial charge in [-0.1, -0.05) is 19.8 Å². The van der Waals surface area contributed by atoms with E-state index in [9.17, 15) is 13.2 Å². The maximum atomic E-state index is 11.2. The van der Waals surface area contributed by atoms with Gasteiger partial charge in [-0.15, -0.1) is 0 Å². The number of nitrogens with two attached hydrogens (primary N) is 1. The van der Waals surface area contributed by atoms with Gasteiger partial charge in [0.1, 0.15) is 0 Å². The van der Waals surface area contributed by atoms with Crippen LogP contribution in [-0.4, -0.2) is 26.0 Å². The first-order chi connectivity index (χ1) is 8.86. The summed E-state index contributed by atoms with van der Waals surface area (Å²) in [4.78, 5) is 10.9. The highest BCUT2D eigenvalue weighted by molar-refractivity contribution is 7.89. The molecule has 0 atom stereocenters. The zero-order chi connectivity index (χ0) is 14.5. The number of aromatic carboxylic acids is 1. The minimum atomic E-state index is -3.90. The van der Waals surface area contributed by atoms with E-state index >= 15 is 0 Å². The van der Waals surface area contributed by atoms with Crippen molar-refractivity contribution in [1.29, 1.82) is 0 Å². The van der Waals surface area contributed by atoms with Gasteiger partial charge in [0, 0.05) is 12.2 Å². The molecule has 106 valence electrons. The first kappa shape index (κ1) is 15.5. The van der Waals surface area contributed by atoms with Gasteiger partial charge in [-0.2, -0.15) is 0 Å². The van der Waals surface area contributed by atoms with Crippen LogP contribution >= 0.6 is 0 Å². The Bertz CT molecular complexity index is 555. The molecule has 0 amide bonds. The highest BCUT2D eigenvalue weighted by Gasteiger charge is 2.15. The second-order valence-corrected chi connectivity index (χ2v) is 5.75. The van der Waals surface area contributed by atoms with Gasteiger partial charge in [0.25, 0.3) is 0 Å². The molecule has 1 aromatic rings. The van der Waals surface area contributed by atoms with E-state index in [1.54, 1.807) is 0 Å². The molecule has 0 unspecified atom stereocenters. The normalized spacial score (nSPS) is 11.3. The Hall–Kier alpha value is -1.60. The molecule has 4 N–H and O–H groups in total. The van der Waals surface area contributed by atoms with Crippen molar-refractivity contribution in [2.24, 2.45) is 5.14 Å². The summed E-state index contributed by atoms with van der Waals surface area (Å²) in [6.45, 7) is 2.71. The number of unbranched alkanes of at least 4 members (excludes halogenated alkanes) is 2. The van der Waals surface area contributed by atoms with E-state index in [0.717, 1.165) is 25.3 Å². The molecule has 0 radical (unpaired) electrons.